The molecular weight excluding hydrogens is 653 g/mol. The Balaban J connectivity index is 1.39. The first-order valence-electron chi connectivity index (χ1n) is 13.6. The normalized spacial score (nSPS) is 36.5. The average Bonchev–Trinajstić information content (AvgIpc) is 3.24. The van der Waals surface area contributed by atoms with Crippen LogP contribution in [0.4, 0.5) is 0 Å². The molecular formula is C27H30Cl3NO13. The smallest absolute Gasteiger partial charge is 0.303 e. The molecule has 242 valence electrons. The van der Waals surface area contributed by atoms with E-state index in [4.69, 9.17) is 87.6 Å². The molecule has 4 heterocycles. The number of alkyl halides is 3. The van der Waals surface area contributed by atoms with Crippen LogP contribution in [0.15, 0.2) is 30.3 Å². The molecule has 0 amide bonds. The first kappa shape index (κ1) is 33.1. The fourth-order valence-electron chi connectivity index (χ4n) is 5.40. The third-order valence-corrected chi connectivity index (χ3v) is 7.60. The van der Waals surface area contributed by atoms with Crippen LogP contribution in [0.5, 0.6) is 0 Å². The van der Waals surface area contributed by atoms with Crippen molar-refractivity contribution >= 4 is 58.6 Å². The highest BCUT2D eigenvalue weighted by atomic mass is 35.6. The summed E-state index contributed by atoms with van der Waals surface area (Å²) in [5.41, 5.74) is 0.721. The SMILES string of the molecule is CC(=O)O[C@@H]1[C@@H](OC(C)=O)[C@H](O[C@H]2[C@@H]3OC[C@H]2O[C@@H](OC(=N)C(Cl)(Cl)Cl)[C@@H]3OC(C)=O)O[C@@H]2CO[C@@H](c3ccccc3)O[C@@H]12. The van der Waals surface area contributed by atoms with Crippen LogP contribution in [0, 0.1) is 5.41 Å². The molecule has 1 N–H and O–H groups in total. The molecule has 4 saturated heterocycles. The maximum atomic E-state index is 12.3. The van der Waals surface area contributed by atoms with Gasteiger partial charge < -0.3 is 47.4 Å². The average molecular weight is 683 g/mol. The number of esters is 3. The number of ether oxygens (including phenoxy) is 10. The molecule has 5 rings (SSSR count). The van der Waals surface area contributed by atoms with Crippen molar-refractivity contribution in [2.75, 3.05) is 13.2 Å². The molecule has 14 nitrogen and oxygen atoms in total. The second kappa shape index (κ2) is 13.6. The first-order valence-corrected chi connectivity index (χ1v) is 14.7. The van der Waals surface area contributed by atoms with E-state index in [9.17, 15) is 14.4 Å². The predicted molar refractivity (Wildman–Crippen MR) is 148 cm³/mol. The molecule has 0 aliphatic carbocycles. The maximum absolute atomic E-state index is 12.3. The molecule has 2 bridgehead atoms. The van der Waals surface area contributed by atoms with E-state index < -0.39 is 95.3 Å². The van der Waals surface area contributed by atoms with Crippen LogP contribution in [0.1, 0.15) is 32.6 Å². The van der Waals surface area contributed by atoms with E-state index in [2.05, 4.69) is 0 Å². The third-order valence-electron chi connectivity index (χ3n) is 7.09. The number of hydrogen-bond acceptors (Lipinski definition) is 14. The molecule has 0 aromatic heterocycles. The van der Waals surface area contributed by atoms with Gasteiger partial charge in [-0.25, -0.2) is 0 Å². The second-order valence-corrected chi connectivity index (χ2v) is 12.6. The Kier molecular flexibility index (Phi) is 10.2. The molecule has 4 fully saturated rings. The lowest BCUT2D eigenvalue weighted by atomic mass is 9.96. The molecule has 0 saturated carbocycles. The minimum atomic E-state index is -2.21. The van der Waals surface area contributed by atoms with Crippen molar-refractivity contribution in [3.63, 3.8) is 0 Å². The summed E-state index contributed by atoms with van der Waals surface area (Å²) in [6.45, 7) is 3.53. The highest BCUT2D eigenvalue weighted by Gasteiger charge is 2.60. The van der Waals surface area contributed by atoms with Gasteiger partial charge in [-0.3, -0.25) is 19.8 Å². The van der Waals surface area contributed by atoms with Gasteiger partial charge in [-0.2, -0.15) is 0 Å². The van der Waals surface area contributed by atoms with E-state index in [1.165, 1.54) is 13.8 Å². The van der Waals surface area contributed by atoms with Gasteiger partial charge in [0.25, 0.3) is 3.79 Å². The van der Waals surface area contributed by atoms with E-state index >= 15 is 0 Å². The standard InChI is InChI=1S/C27H30Cl3NO13/c1-11(32)37-20-18-16(10-36-23(42-18)14-7-5-4-6-8-14)40-24(22(20)39-13(3)34)43-17-15-9-35-19(17)21(38-12(2)33)25(41-15)44-26(31)27(28,29)30/h4-8,15-25,31H,9-10H2,1-3H3/t15-,16-,17-,18-,19+,20+,21-,22-,23-,24+,25+/m1/s1. The highest BCUT2D eigenvalue weighted by molar-refractivity contribution is 6.76. The molecule has 1 aromatic rings. The monoisotopic (exact) mass is 681 g/mol. The van der Waals surface area contributed by atoms with Gasteiger partial charge >= 0.3 is 17.9 Å². The molecule has 0 spiro atoms. The minimum absolute atomic E-state index is 0.0181. The summed E-state index contributed by atoms with van der Waals surface area (Å²) in [5.74, 6) is -2.84. The van der Waals surface area contributed by atoms with E-state index in [0.29, 0.717) is 0 Å². The molecule has 0 radical (unpaired) electrons. The van der Waals surface area contributed by atoms with Gasteiger partial charge in [0.2, 0.25) is 12.2 Å². The number of halogens is 3. The Hall–Kier alpha value is -2.27. The second-order valence-electron chi connectivity index (χ2n) is 10.3. The Morgan fingerprint density at radius 3 is 1.95 bits per heavy atom. The summed E-state index contributed by atoms with van der Waals surface area (Å²) < 4.78 is 56.2. The van der Waals surface area contributed by atoms with Crippen molar-refractivity contribution in [1.82, 2.24) is 0 Å². The van der Waals surface area contributed by atoms with Crippen molar-refractivity contribution < 1.29 is 61.8 Å². The molecule has 17 heteroatoms. The lowest BCUT2D eigenvalue weighted by molar-refractivity contribution is -0.376. The lowest BCUT2D eigenvalue weighted by Gasteiger charge is -2.49. The van der Waals surface area contributed by atoms with E-state index in [1.807, 2.05) is 30.3 Å². The summed E-state index contributed by atoms with van der Waals surface area (Å²) in [5, 5.41) is 7.94. The van der Waals surface area contributed by atoms with Crippen LogP contribution in [-0.2, 0) is 61.8 Å². The number of rotatable bonds is 7. The van der Waals surface area contributed by atoms with Gasteiger partial charge in [-0.1, -0.05) is 65.1 Å². The molecule has 0 unspecified atom stereocenters. The van der Waals surface area contributed by atoms with Gasteiger partial charge in [-0.15, -0.1) is 0 Å². The number of fused-ring (bicyclic) bond motifs is 3. The first-order chi connectivity index (χ1) is 20.8. The number of carbonyl (C=O) groups is 3. The van der Waals surface area contributed by atoms with Gasteiger partial charge in [0.05, 0.1) is 13.2 Å². The third kappa shape index (κ3) is 7.40. The minimum Gasteiger partial charge on any atom is -0.455 e. The Morgan fingerprint density at radius 2 is 1.32 bits per heavy atom. The zero-order valence-corrected chi connectivity index (χ0v) is 25.9. The predicted octanol–water partition coefficient (Wildman–Crippen LogP) is 2.49. The summed E-state index contributed by atoms with van der Waals surface area (Å²) in [7, 11) is 0. The van der Waals surface area contributed by atoms with Gasteiger partial charge in [0.15, 0.2) is 30.9 Å². The summed E-state index contributed by atoms with van der Waals surface area (Å²) in [6.07, 6.45) is -11.9. The van der Waals surface area contributed by atoms with Gasteiger partial charge in [0.1, 0.15) is 30.5 Å². The maximum Gasteiger partial charge on any atom is 0.303 e. The highest BCUT2D eigenvalue weighted by Crippen LogP contribution is 2.41. The van der Waals surface area contributed by atoms with Crippen LogP contribution in [-0.4, -0.2) is 102 Å². The zero-order chi connectivity index (χ0) is 31.8. The zero-order valence-electron chi connectivity index (χ0n) is 23.6. The topological polar surface area (TPSA) is 167 Å². The quantitative estimate of drug-likeness (QED) is 0.147. The van der Waals surface area contributed by atoms with Crippen molar-refractivity contribution in [2.45, 2.75) is 92.3 Å². The van der Waals surface area contributed by atoms with Crippen molar-refractivity contribution in [3.05, 3.63) is 35.9 Å². The number of benzene rings is 1. The van der Waals surface area contributed by atoms with Crippen LogP contribution in [0.25, 0.3) is 0 Å². The van der Waals surface area contributed by atoms with Crippen molar-refractivity contribution in [1.29, 1.82) is 5.41 Å². The van der Waals surface area contributed by atoms with E-state index in [1.54, 1.807) is 0 Å². The van der Waals surface area contributed by atoms with Gasteiger partial charge in [-0.05, 0) is 0 Å². The number of nitrogens with one attached hydrogen (secondary N) is 1. The molecule has 44 heavy (non-hydrogen) atoms. The molecule has 4 aliphatic heterocycles. The molecule has 4 aliphatic rings. The summed E-state index contributed by atoms with van der Waals surface area (Å²) in [4.78, 5) is 36.5. The summed E-state index contributed by atoms with van der Waals surface area (Å²) >= 11 is 17.3. The summed E-state index contributed by atoms with van der Waals surface area (Å²) in [6, 6.07) is 9.12. The lowest BCUT2D eigenvalue weighted by Crippen LogP contribution is -2.66. The fraction of sp³-hybridized carbons (Fsp3) is 0.630. The van der Waals surface area contributed by atoms with Crippen molar-refractivity contribution in [3.8, 4) is 0 Å². The van der Waals surface area contributed by atoms with Gasteiger partial charge in [0, 0.05) is 26.3 Å². The van der Waals surface area contributed by atoms with Crippen molar-refractivity contribution in [2.24, 2.45) is 0 Å². The van der Waals surface area contributed by atoms with Crippen LogP contribution >= 0.6 is 34.8 Å². The fourth-order valence-corrected chi connectivity index (χ4v) is 5.53. The van der Waals surface area contributed by atoms with Crippen LogP contribution in [0.3, 0.4) is 0 Å². The number of carbonyl (C=O) groups excluding carboxylic acids is 3. The Bertz CT molecular complexity index is 1230. The van der Waals surface area contributed by atoms with Crippen LogP contribution < -0.4 is 0 Å². The Labute approximate surface area is 266 Å². The van der Waals surface area contributed by atoms with Crippen LogP contribution in [0.2, 0.25) is 0 Å². The molecule has 1 aromatic carbocycles. The Morgan fingerprint density at radius 1 is 0.727 bits per heavy atom. The number of hydrogen-bond donors (Lipinski definition) is 1. The van der Waals surface area contributed by atoms with E-state index in [-0.39, 0.29) is 13.2 Å². The van der Waals surface area contributed by atoms with E-state index in [0.717, 1.165) is 12.5 Å². The molecule has 11 atom stereocenters. The largest absolute Gasteiger partial charge is 0.455 e.